The molecule has 1 heterocycles. The lowest BCUT2D eigenvalue weighted by Gasteiger charge is -2.16. The number of hydrogen-bond donors (Lipinski definition) is 2. The molecular formula is C22H25Cl2N3O4S. The van der Waals surface area contributed by atoms with E-state index in [0.717, 1.165) is 5.56 Å². The van der Waals surface area contributed by atoms with Gasteiger partial charge in [-0.15, -0.1) is 24.8 Å². The molecule has 2 aromatic carbocycles. The van der Waals surface area contributed by atoms with Gasteiger partial charge in [0.1, 0.15) is 18.1 Å². The number of benzene rings is 2. The highest BCUT2D eigenvalue weighted by molar-refractivity contribution is 7.92. The molecule has 0 spiro atoms. The van der Waals surface area contributed by atoms with Crippen molar-refractivity contribution >= 4 is 52.7 Å². The molecule has 0 atom stereocenters. The molecule has 1 aromatic heterocycles. The fraction of sp³-hybridized carbons (Fsp3) is 0.136. The molecule has 0 amide bonds. The minimum absolute atomic E-state index is 0. The van der Waals surface area contributed by atoms with E-state index in [4.69, 9.17) is 15.2 Å². The molecule has 0 bridgehead atoms. The van der Waals surface area contributed by atoms with Gasteiger partial charge in [0.15, 0.2) is 0 Å². The maximum atomic E-state index is 13.0. The molecule has 0 saturated carbocycles. The van der Waals surface area contributed by atoms with Gasteiger partial charge in [-0.2, -0.15) is 0 Å². The van der Waals surface area contributed by atoms with Crippen LogP contribution in [0.15, 0.2) is 71.9 Å². The molecule has 32 heavy (non-hydrogen) atoms. The second-order valence-electron chi connectivity index (χ2n) is 6.25. The first kappa shape index (κ1) is 27.3. The van der Waals surface area contributed by atoms with Crippen molar-refractivity contribution in [2.24, 2.45) is 5.73 Å². The quantitative estimate of drug-likeness (QED) is 0.458. The Morgan fingerprint density at radius 2 is 1.69 bits per heavy atom. The minimum Gasteiger partial charge on any atom is -0.497 e. The normalized spacial score (nSPS) is 10.7. The number of aromatic nitrogens is 1. The van der Waals surface area contributed by atoms with Gasteiger partial charge in [0.05, 0.1) is 17.7 Å². The molecule has 0 saturated heterocycles. The van der Waals surface area contributed by atoms with Crippen LogP contribution in [0.4, 0.5) is 5.69 Å². The van der Waals surface area contributed by atoms with Crippen LogP contribution in [-0.4, -0.2) is 33.7 Å². The van der Waals surface area contributed by atoms with Crippen molar-refractivity contribution < 1.29 is 17.9 Å². The lowest BCUT2D eigenvalue weighted by molar-refractivity contribution is 0.330. The fourth-order valence-electron chi connectivity index (χ4n) is 2.69. The highest BCUT2D eigenvalue weighted by Gasteiger charge is 2.19. The Morgan fingerprint density at radius 1 is 1.00 bits per heavy atom. The van der Waals surface area contributed by atoms with Crippen molar-refractivity contribution in [2.45, 2.75) is 4.90 Å². The standard InChI is InChI=1S/C22H23N3O4S.2ClH/c1-28-19-7-9-20(10-8-19)30(26,27)25-22-18(3-2-4-21(22)29-16-13-23)6-5-17-11-14-24-15-12-17;;/h2-12,14-15,25H,13,16,23H2,1H3;2*1H. The largest absolute Gasteiger partial charge is 0.497 e. The molecule has 0 unspecified atom stereocenters. The maximum Gasteiger partial charge on any atom is 0.262 e. The van der Waals surface area contributed by atoms with Crippen LogP contribution in [0.1, 0.15) is 11.1 Å². The van der Waals surface area contributed by atoms with Crippen molar-refractivity contribution in [1.29, 1.82) is 0 Å². The van der Waals surface area contributed by atoms with Crippen LogP contribution in [0.2, 0.25) is 0 Å². The minimum atomic E-state index is -3.85. The van der Waals surface area contributed by atoms with E-state index in [9.17, 15) is 8.42 Å². The monoisotopic (exact) mass is 497 g/mol. The summed E-state index contributed by atoms with van der Waals surface area (Å²) in [5.74, 6) is 0.969. The summed E-state index contributed by atoms with van der Waals surface area (Å²) in [5, 5.41) is 0. The second-order valence-corrected chi connectivity index (χ2v) is 7.93. The van der Waals surface area contributed by atoms with Crippen LogP contribution in [0.5, 0.6) is 11.5 Å². The molecule has 7 nitrogen and oxygen atoms in total. The van der Waals surface area contributed by atoms with Gasteiger partial charge in [0.2, 0.25) is 0 Å². The number of ether oxygens (including phenoxy) is 2. The number of hydrogen-bond acceptors (Lipinski definition) is 6. The van der Waals surface area contributed by atoms with E-state index in [-0.39, 0.29) is 36.3 Å². The van der Waals surface area contributed by atoms with Crippen molar-refractivity contribution in [2.75, 3.05) is 25.0 Å². The number of methoxy groups -OCH3 is 1. The molecule has 10 heteroatoms. The van der Waals surface area contributed by atoms with E-state index in [0.29, 0.717) is 29.3 Å². The number of nitrogens with zero attached hydrogens (tertiary/aromatic N) is 1. The zero-order chi connectivity index (χ0) is 21.4. The van der Waals surface area contributed by atoms with Crippen LogP contribution < -0.4 is 19.9 Å². The summed E-state index contributed by atoms with van der Waals surface area (Å²) in [6.45, 7) is 0.566. The first-order chi connectivity index (χ1) is 14.5. The van der Waals surface area contributed by atoms with Crippen LogP contribution in [0, 0.1) is 0 Å². The highest BCUT2D eigenvalue weighted by atomic mass is 35.5. The van der Waals surface area contributed by atoms with E-state index in [2.05, 4.69) is 9.71 Å². The van der Waals surface area contributed by atoms with Gasteiger partial charge in [-0.3, -0.25) is 9.71 Å². The first-order valence-corrected chi connectivity index (χ1v) is 10.7. The van der Waals surface area contributed by atoms with Crippen molar-refractivity contribution in [3.05, 3.63) is 78.1 Å². The van der Waals surface area contributed by atoms with Crippen LogP contribution >= 0.6 is 24.8 Å². The average Bonchev–Trinajstić information content (AvgIpc) is 2.78. The molecular weight excluding hydrogens is 473 g/mol. The van der Waals surface area contributed by atoms with Gasteiger partial charge in [-0.05, 0) is 48.0 Å². The number of nitrogens with one attached hydrogen (secondary N) is 1. The van der Waals surface area contributed by atoms with Crippen molar-refractivity contribution in [3.8, 4) is 11.5 Å². The van der Waals surface area contributed by atoms with E-state index < -0.39 is 10.0 Å². The van der Waals surface area contributed by atoms with Gasteiger partial charge in [-0.25, -0.2) is 8.42 Å². The molecule has 0 radical (unpaired) electrons. The summed E-state index contributed by atoms with van der Waals surface area (Å²) in [7, 11) is -2.33. The molecule has 3 aromatic rings. The summed E-state index contributed by atoms with van der Waals surface area (Å²) in [6.07, 6.45) is 7.06. The first-order valence-electron chi connectivity index (χ1n) is 9.24. The lowest BCUT2D eigenvalue weighted by atomic mass is 10.1. The van der Waals surface area contributed by atoms with E-state index in [1.54, 1.807) is 42.7 Å². The van der Waals surface area contributed by atoms with Gasteiger partial charge in [0.25, 0.3) is 10.0 Å². The smallest absolute Gasteiger partial charge is 0.262 e. The number of rotatable bonds is 9. The lowest BCUT2D eigenvalue weighted by Crippen LogP contribution is -2.16. The number of para-hydroxylation sites is 1. The average molecular weight is 498 g/mol. The third kappa shape index (κ3) is 7.13. The highest BCUT2D eigenvalue weighted by Crippen LogP contribution is 2.32. The number of nitrogens with two attached hydrogens (primary N) is 1. The summed E-state index contributed by atoms with van der Waals surface area (Å²) >= 11 is 0. The van der Waals surface area contributed by atoms with Crippen molar-refractivity contribution in [3.63, 3.8) is 0 Å². The molecule has 0 aliphatic rings. The van der Waals surface area contributed by atoms with Gasteiger partial charge < -0.3 is 15.2 Å². The zero-order valence-corrected chi connectivity index (χ0v) is 19.8. The topological polar surface area (TPSA) is 104 Å². The van der Waals surface area contributed by atoms with Crippen molar-refractivity contribution in [1.82, 2.24) is 4.98 Å². The molecule has 0 aliphatic carbocycles. The Hall–Kier alpha value is -2.78. The maximum absolute atomic E-state index is 13.0. The number of pyridine rings is 1. The predicted octanol–water partition coefficient (Wildman–Crippen LogP) is 4.24. The van der Waals surface area contributed by atoms with E-state index in [1.807, 2.05) is 24.3 Å². The number of anilines is 1. The zero-order valence-electron chi connectivity index (χ0n) is 17.3. The fourth-order valence-corrected chi connectivity index (χ4v) is 3.79. The summed E-state index contributed by atoms with van der Waals surface area (Å²) < 4.78 is 39.4. The van der Waals surface area contributed by atoms with Gasteiger partial charge in [-0.1, -0.05) is 24.3 Å². The SMILES string of the molecule is COc1ccc(S(=O)(=O)Nc2c(C=Cc3ccncc3)cccc2OCCN)cc1.Cl.Cl. The Morgan fingerprint density at radius 3 is 2.31 bits per heavy atom. The molecule has 3 N–H and O–H groups in total. The summed E-state index contributed by atoms with van der Waals surface area (Å²) in [5.41, 5.74) is 7.47. The van der Waals surface area contributed by atoms with Crippen LogP contribution in [0.3, 0.4) is 0 Å². The molecule has 0 aliphatic heterocycles. The Labute approximate surface area is 200 Å². The van der Waals surface area contributed by atoms with E-state index in [1.165, 1.54) is 19.2 Å². The summed E-state index contributed by atoms with van der Waals surface area (Å²) in [6, 6.07) is 15.2. The Kier molecular flexibility index (Phi) is 11.0. The number of halogens is 2. The Bertz CT molecular complexity index is 1110. The van der Waals surface area contributed by atoms with Gasteiger partial charge in [0, 0.05) is 24.5 Å². The van der Waals surface area contributed by atoms with Crippen LogP contribution in [0.25, 0.3) is 12.2 Å². The number of sulfonamides is 1. The second kappa shape index (κ2) is 12.9. The molecule has 3 rings (SSSR count). The van der Waals surface area contributed by atoms with Gasteiger partial charge >= 0.3 is 0 Å². The Balaban J connectivity index is 0.00000256. The molecule has 0 fully saturated rings. The summed E-state index contributed by atoms with van der Waals surface area (Å²) in [4.78, 5) is 4.11. The molecule has 172 valence electrons. The predicted molar refractivity (Wildman–Crippen MR) is 132 cm³/mol. The third-order valence-corrected chi connectivity index (χ3v) is 5.57. The van der Waals surface area contributed by atoms with E-state index >= 15 is 0 Å². The third-order valence-electron chi connectivity index (χ3n) is 4.20. The van der Waals surface area contributed by atoms with Crippen LogP contribution in [-0.2, 0) is 10.0 Å².